The Balaban J connectivity index is 2.90. The molecule has 0 aromatic heterocycles. The van der Waals surface area contributed by atoms with Crippen LogP contribution in [0.4, 0.5) is 18.9 Å². The molecule has 0 amide bonds. The Bertz CT molecular complexity index is 506. The van der Waals surface area contributed by atoms with Gasteiger partial charge >= 0.3 is 6.18 Å². The largest absolute Gasteiger partial charge is 0.497 e. The smallest absolute Gasteiger partial charge is 0.400 e. The number of hydrogen-bond acceptors (Lipinski definition) is 5. The molecule has 0 saturated heterocycles. The molecule has 118 valence electrons. The number of nitrogens with two attached hydrogens (primary N) is 1. The zero-order chi connectivity index (χ0) is 16.0. The molecule has 9 heteroatoms. The first-order valence-electron chi connectivity index (χ1n) is 5.83. The maximum atomic E-state index is 12.8. The molecule has 1 aromatic rings. The maximum Gasteiger partial charge on any atom is 0.400 e. The van der Waals surface area contributed by atoms with E-state index in [0.717, 1.165) is 0 Å². The molecule has 1 rings (SSSR count). The highest BCUT2D eigenvalue weighted by Crippen LogP contribution is 2.31. The molecule has 0 radical (unpaired) electrons. The molecule has 0 fully saturated rings. The quantitative estimate of drug-likeness (QED) is 0.324. The van der Waals surface area contributed by atoms with Crippen molar-refractivity contribution in [1.29, 1.82) is 0 Å². The van der Waals surface area contributed by atoms with Crippen LogP contribution in [0.1, 0.15) is 0 Å². The van der Waals surface area contributed by atoms with E-state index in [1.807, 2.05) is 0 Å². The number of benzene rings is 1. The van der Waals surface area contributed by atoms with E-state index in [2.05, 4.69) is 10.5 Å². The first-order valence-corrected chi connectivity index (χ1v) is 5.83. The fourth-order valence-electron chi connectivity index (χ4n) is 1.61. The first-order chi connectivity index (χ1) is 9.83. The normalized spacial score (nSPS) is 13.7. The molecule has 0 heterocycles. The lowest BCUT2D eigenvalue weighted by Crippen LogP contribution is -2.40. The second-order valence-electron chi connectivity index (χ2n) is 4.07. The molecule has 0 aliphatic rings. The molecule has 0 aliphatic heterocycles. The van der Waals surface area contributed by atoms with Crippen LogP contribution in [-0.4, -0.2) is 38.0 Å². The third-order valence-corrected chi connectivity index (χ3v) is 2.77. The fraction of sp³-hybridized carbons (Fsp3) is 0.417. The van der Waals surface area contributed by atoms with Gasteiger partial charge in [0.15, 0.2) is 5.84 Å². The van der Waals surface area contributed by atoms with Gasteiger partial charge in [-0.2, -0.15) is 13.2 Å². The predicted octanol–water partition coefficient (Wildman–Crippen LogP) is 2.04. The summed E-state index contributed by atoms with van der Waals surface area (Å²) in [5.41, 5.74) is 5.40. The number of alkyl halides is 3. The average Bonchev–Trinajstić information content (AvgIpc) is 2.45. The number of rotatable bonds is 6. The Hall–Kier alpha value is -2.32. The molecule has 0 spiro atoms. The van der Waals surface area contributed by atoms with Crippen LogP contribution >= 0.6 is 0 Å². The van der Waals surface area contributed by atoms with Gasteiger partial charge in [-0.15, -0.1) is 0 Å². The van der Waals surface area contributed by atoms with Crippen LogP contribution in [0.25, 0.3) is 0 Å². The molecular formula is C12H16F3N3O3. The van der Waals surface area contributed by atoms with Crippen LogP contribution in [0, 0.1) is 5.92 Å². The summed E-state index contributed by atoms with van der Waals surface area (Å²) in [5, 5.41) is 13.4. The Labute approximate surface area is 119 Å². The lowest BCUT2D eigenvalue weighted by atomic mass is 10.1. The molecule has 21 heavy (non-hydrogen) atoms. The van der Waals surface area contributed by atoms with Crippen molar-refractivity contribution in [3.05, 3.63) is 18.2 Å². The Morgan fingerprint density at radius 1 is 1.38 bits per heavy atom. The maximum absolute atomic E-state index is 12.8. The Kier molecular flexibility index (Phi) is 5.51. The van der Waals surface area contributed by atoms with Crippen molar-refractivity contribution >= 4 is 11.5 Å². The molecular weight excluding hydrogens is 291 g/mol. The predicted molar refractivity (Wildman–Crippen MR) is 71.0 cm³/mol. The van der Waals surface area contributed by atoms with Crippen molar-refractivity contribution in [2.75, 3.05) is 26.1 Å². The van der Waals surface area contributed by atoms with Gasteiger partial charge in [-0.25, -0.2) is 0 Å². The molecule has 0 saturated carbocycles. The van der Waals surface area contributed by atoms with Crippen LogP contribution in [0.15, 0.2) is 23.4 Å². The van der Waals surface area contributed by atoms with Gasteiger partial charge in [-0.05, 0) is 12.1 Å². The van der Waals surface area contributed by atoms with Crippen LogP contribution in [0.3, 0.4) is 0 Å². The number of halogens is 3. The van der Waals surface area contributed by atoms with Gasteiger partial charge in [0.1, 0.15) is 17.4 Å². The molecule has 0 aliphatic carbocycles. The molecule has 1 unspecified atom stereocenters. The summed E-state index contributed by atoms with van der Waals surface area (Å²) in [5.74, 6) is -2.22. The van der Waals surface area contributed by atoms with E-state index in [-0.39, 0.29) is 0 Å². The zero-order valence-corrected chi connectivity index (χ0v) is 11.4. The molecule has 0 bridgehead atoms. The van der Waals surface area contributed by atoms with Gasteiger partial charge in [0.25, 0.3) is 0 Å². The van der Waals surface area contributed by atoms with Gasteiger partial charge in [0, 0.05) is 12.6 Å². The summed E-state index contributed by atoms with van der Waals surface area (Å²) in [6, 6.07) is 4.60. The number of ether oxygens (including phenoxy) is 2. The minimum absolute atomic E-state index is 0.315. The SMILES string of the molecule is COc1ccc(NCC(/C(N)=N/O)C(F)(F)F)c(OC)c1. The molecule has 4 N–H and O–H groups in total. The van der Waals surface area contributed by atoms with Gasteiger partial charge in [-0.1, -0.05) is 5.16 Å². The highest BCUT2D eigenvalue weighted by atomic mass is 19.4. The lowest BCUT2D eigenvalue weighted by Gasteiger charge is -2.20. The first kappa shape index (κ1) is 16.7. The summed E-state index contributed by atoms with van der Waals surface area (Å²) in [6.07, 6.45) is -4.64. The lowest BCUT2D eigenvalue weighted by molar-refractivity contribution is -0.152. The molecule has 1 atom stereocenters. The second kappa shape index (κ2) is 6.91. The molecule has 6 nitrogen and oxygen atoms in total. The van der Waals surface area contributed by atoms with Crippen molar-refractivity contribution in [2.45, 2.75) is 6.18 Å². The Morgan fingerprint density at radius 3 is 2.52 bits per heavy atom. The van der Waals surface area contributed by atoms with Crippen molar-refractivity contribution in [3.63, 3.8) is 0 Å². The van der Waals surface area contributed by atoms with Crippen LogP contribution < -0.4 is 20.5 Å². The van der Waals surface area contributed by atoms with Crippen molar-refractivity contribution < 1.29 is 27.9 Å². The highest BCUT2D eigenvalue weighted by molar-refractivity contribution is 5.83. The highest BCUT2D eigenvalue weighted by Gasteiger charge is 2.42. The van der Waals surface area contributed by atoms with Gasteiger partial charge in [0.2, 0.25) is 0 Å². The van der Waals surface area contributed by atoms with Crippen molar-refractivity contribution in [2.24, 2.45) is 16.8 Å². The average molecular weight is 307 g/mol. The van der Waals surface area contributed by atoms with Gasteiger partial charge < -0.3 is 25.7 Å². The van der Waals surface area contributed by atoms with Crippen molar-refractivity contribution in [3.8, 4) is 11.5 Å². The van der Waals surface area contributed by atoms with E-state index in [0.29, 0.717) is 17.2 Å². The van der Waals surface area contributed by atoms with E-state index in [1.54, 1.807) is 6.07 Å². The minimum Gasteiger partial charge on any atom is -0.497 e. The van der Waals surface area contributed by atoms with Crippen molar-refractivity contribution in [1.82, 2.24) is 0 Å². The zero-order valence-electron chi connectivity index (χ0n) is 11.4. The van der Waals surface area contributed by atoms with E-state index >= 15 is 0 Å². The number of amidine groups is 1. The number of anilines is 1. The third-order valence-electron chi connectivity index (χ3n) is 2.77. The number of hydrogen-bond donors (Lipinski definition) is 3. The summed E-state index contributed by atoms with van der Waals surface area (Å²) in [4.78, 5) is 0. The van der Waals surface area contributed by atoms with Gasteiger partial charge in [-0.3, -0.25) is 0 Å². The summed E-state index contributed by atoms with van der Waals surface area (Å²) < 4.78 is 48.4. The summed E-state index contributed by atoms with van der Waals surface area (Å²) >= 11 is 0. The topological polar surface area (TPSA) is 89.1 Å². The second-order valence-corrected chi connectivity index (χ2v) is 4.07. The van der Waals surface area contributed by atoms with Crippen LogP contribution in [0.5, 0.6) is 11.5 Å². The number of nitrogens with zero attached hydrogens (tertiary/aromatic N) is 1. The monoisotopic (exact) mass is 307 g/mol. The Morgan fingerprint density at radius 2 is 2.05 bits per heavy atom. The van der Waals surface area contributed by atoms with E-state index < -0.39 is 24.5 Å². The van der Waals surface area contributed by atoms with Crippen LogP contribution in [0.2, 0.25) is 0 Å². The minimum atomic E-state index is -4.64. The van der Waals surface area contributed by atoms with Gasteiger partial charge in [0.05, 0.1) is 19.9 Å². The van der Waals surface area contributed by atoms with E-state index in [9.17, 15) is 13.2 Å². The number of oxime groups is 1. The van der Waals surface area contributed by atoms with E-state index in [4.69, 9.17) is 20.4 Å². The third kappa shape index (κ3) is 4.33. The summed E-state index contributed by atoms with van der Waals surface area (Å²) in [6.45, 7) is -0.595. The van der Waals surface area contributed by atoms with Crippen LogP contribution in [-0.2, 0) is 0 Å². The fourth-order valence-corrected chi connectivity index (χ4v) is 1.61. The summed E-state index contributed by atoms with van der Waals surface area (Å²) in [7, 11) is 2.84. The number of nitrogens with one attached hydrogen (secondary N) is 1. The molecule has 1 aromatic carbocycles. The van der Waals surface area contributed by atoms with E-state index in [1.165, 1.54) is 26.4 Å². The standard InChI is InChI=1S/C12H16F3N3O3/c1-20-7-3-4-9(10(5-7)21-2)17-6-8(11(16)18-19)12(13,14)15/h3-5,8,17,19H,6H2,1-2H3,(H2,16,18). The number of methoxy groups -OCH3 is 2.